The van der Waals surface area contributed by atoms with E-state index in [-0.39, 0.29) is 12.2 Å². The van der Waals surface area contributed by atoms with Gasteiger partial charge in [-0.25, -0.2) is 4.39 Å². The van der Waals surface area contributed by atoms with E-state index in [1.165, 1.54) is 6.07 Å². The van der Waals surface area contributed by atoms with Crippen LogP contribution in [0.25, 0.3) is 0 Å². The summed E-state index contributed by atoms with van der Waals surface area (Å²) in [4.78, 5) is 10.4. The van der Waals surface area contributed by atoms with E-state index >= 15 is 0 Å². The first-order valence-electron chi connectivity index (χ1n) is 4.10. The van der Waals surface area contributed by atoms with Gasteiger partial charge in [0.1, 0.15) is 5.82 Å². The monoisotopic (exact) mass is 260 g/mol. The standard InChI is InChI=1S/C10H10BrFO2/c1-6-8(5-11)2-7(3-9(6)12)4-10(13)14/h2-3H,4-5H2,1H3,(H,13,14). The molecule has 0 aromatic heterocycles. The number of carboxylic acid groups (broad SMARTS) is 1. The van der Waals surface area contributed by atoms with E-state index in [1.807, 2.05) is 0 Å². The topological polar surface area (TPSA) is 37.3 Å². The van der Waals surface area contributed by atoms with Crippen LogP contribution in [0.15, 0.2) is 12.1 Å². The lowest BCUT2D eigenvalue weighted by Gasteiger charge is -2.06. The number of halogens is 2. The van der Waals surface area contributed by atoms with Crippen molar-refractivity contribution in [2.24, 2.45) is 0 Å². The first-order chi connectivity index (χ1) is 6.54. The Balaban J connectivity index is 3.09. The average molecular weight is 261 g/mol. The molecule has 0 radical (unpaired) electrons. The predicted octanol–water partition coefficient (Wildman–Crippen LogP) is 2.66. The second-order valence-corrected chi connectivity index (χ2v) is 3.63. The molecular weight excluding hydrogens is 251 g/mol. The van der Waals surface area contributed by atoms with Crippen molar-refractivity contribution in [1.82, 2.24) is 0 Å². The summed E-state index contributed by atoms with van der Waals surface area (Å²) in [5, 5.41) is 9.09. The van der Waals surface area contributed by atoms with Gasteiger partial charge in [-0.1, -0.05) is 22.0 Å². The second-order valence-electron chi connectivity index (χ2n) is 3.07. The molecule has 0 heterocycles. The lowest BCUT2D eigenvalue weighted by molar-refractivity contribution is -0.136. The van der Waals surface area contributed by atoms with Crippen molar-refractivity contribution >= 4 is 21.9 Å². The van der Waals surface area contributed by atoms with Crippen molar-refractivity contribution in [2.75, 3.05) is 0 Å². The number of benzene rings is 1. The molecule has 14 heavy (non-hydrogen) atoms. The van der Waals surface area contributed by atoms with E-state index in [9.17, 15) is 9.18 Å². The molecule has 0 saturated carbocycles. The molecule has 1 N–H and O–H groups in total. The van der Waals surface area contributed by atoms with Gasteiger partial charge < -0.3 is 5.11 Å². The van der Waals surface area contributed by atoms with Gasteiger partial charge in [-0.2, -0.15) is 0 Å². The maximum Gasteiger partial charge on any atom is 0.307 e. The van der Waals surface area contributed by atoms with Gasteiger partial charge >= 0.3 is 5.97 Å². The van der Waals surface area contributed by atoms with Crippen LogP contribution in [0.2, 0.25) is 0 Å². The molecule has 0 bridgehead atoms. The lowest BCUT2D eigenvalue weighted by atomic mass is 10.0. The molecule has 0 atom stereocenters. The van der Waals surface area contributed by atoms with Crippen molar-refractivity contribution in [3.8, 4) is 0 Å². The molecule has 1 aromatic rings. The van der Waals surface area contributed by atoms with Gasteiger partial charge in [0.25, 0.3) is 0 Å². The fraction of sp³-hybridized carbons (Fsp3) is 0.300. The Hall–Kier alpha value is -0.900. The van der Waals surface area contributed by atoms with Crippen molar-refractivity contribution in [3.05, 3.63) is 34.6 Å². The van der Waals surface area contributed by atoms with Crippen molar-refractivity contribution in [3.63, 3.8) is 0 Å². The van der Waals surface area contributed by atoms with Crippen LogP contribution in [-0.2, 0) is 16.5 Å². The number of hydrogen-bond donors (Lipinski definition) is 1. The van der Waals surface area contributed by atoms with E-state index < -0.39 is 5.97 Å². The summed E-state index contributed by atoms with van der Waals surface area (Å²) in [5.41, 5.74) is 1.85. The minimum atomic E-state index is -0.950. The van der Waals surface area contributed by atoms with Crippen LogP contribution >= 0.6 is 15.9 Å². The summed E-state index contributed by atoms with van der Waals surface area (Å²) >= 11 is 3.23. The molecule has 0 amide bonds. The average Bonchev–Trinajstić information content (AvgIpc) is 2.10. The summed E-state index contributed by atoms with van der Waals surface area (Å²) < 4.78 is 13.3. The highest BCUT2D eigenvalue weighted by Gasteiger charge is 2.08. The van der Waals surface area contributed by atoms with Gasteiger partial charge in [0, 0.05) is 5.33 Å². The highest BCUT2D eigenvalue weighted by molar-refractivity contribution is 9.08. The molecule has 1 aromatic carbocycles. The molecule has 0 spiro atoms. The SMILES string of the molecule is Cc1c(F)cc(CC(=O)O)cc1CBr. The van der Waals surface area contributed by atoms with Gasteiger partial charge in [0.05, 0.1) is 6.42 Å². The molecule has 0 fully saturated rings. The first-order valence-corrected chi connectivity index (χ1v) is 5.22. The molecule has 0 unspecified atom stereocenters. The van der Waals surface area contributed by atoms with Crippen molar-refractivity contribution < 1.29 is 14.3 Å². The van der Waals surface area contributed by atoms with Crippen LogP contribution in [0.1, 0.15) is 16.7 Å². The maximum absolute atomic E-state index is 13.3. The molecule has 0 aliphatic heterocycles. The zero-order valence-corrected chi connectivity index (χ0v) is 9.27. The Morgan fingerprint density at radius 2 is 2.21 bits per heavy atom. The lowest BCUT2D eigenvalue weighted by Crippen LogP contribution is -2.02. The number of rotatable bonds is 3. The highest BCUT2D eigenvalue weighted by atomic mass is 79.9. The Bertz CT molecular complexity index is 363. The van der Waals surface area contributed by atoms with Crippen LogP contribution in [0, 0.1) is 12.7 Å². The quantitative estimate of drug-likeness (QED) is 0.849. The Kier molecular flexibility index (Phi) is 3.63. The van der Waals surface area contributed by atoms with Gasteiger partial charge in [-0.05, 0) is 29.7 Å². The third kappa shape index (κ3) is 2.54. The zero-order valence-electron chi connectivity index (χ0n) is 7.68. The van der Waals surface area contributed by atoms with Crippen LogP contribution < -0.4 is 0 Å². The van der Waals surface area contributed by atoms with E-state index in [1.54, 1.807) is 13.0 Å². The van der Waals surface area contributed by atoms with E-state index in [4.69, 9.17) is 5.11 Å². The Morgan fingerprint density at radius 3 is 2.71 bits per heavy atom. The minimum absolute atomic E-state index is 0.142. The van der Waals surface area contributed by atoms with E-state index in [0.717, 1.165) is 5.56 Å². The smallest absolute Gasteiger partial charge is 0.307 e. The fourth-order valence-corrected chi connectivity index (χ4v) is 1.80. The fourth-order valence-electron chi connectivity index (χ4n) is 1.21. The van der Waals surface area contributed by atoms with Crippen LogP contribution in [-0.4, -0.2) is 11.1 Å². The van der Waals surface area contributed by atoms with Crippen molar-refractivity contribution in [1.29, 1.82) is 0 Å². The number of carboxylic acids is 1. The molecule has 2 nitrogen and oxygen atoms in total. The molecule has 1 rings (SSSR count). The first kappa shape index (κ1) is 11.2. The molecule has 0 aliphatic carbocycles. The number of hydrogen-bond acceptors (Lipinski definition) is 1. The van der Waals surface area contributed by atoms with Gasteiger partial charge in [-0.15, -0.1) is 0 Å². The Morgan fingerprint density at radius 1 is 1.57 bits per heavy atom. The summed E-state index contributed by atoms with van der Waals surface area (Å²) in [6, 6.07) is 2.98. The van der Waals surface area contributed by atoms with Crippen LogP contribution in [0.4, 0.5) is 4.39 Å². The van der Waals surface area contributed by atoms with E-state index in [0.29, 0.717) is 16.5 Å². The summed E-state index contributed by atoms with van der Waals surface area (Å²) in [7, 11) is 0. The van der Waals surface area contributed by atoms with Crippen molar-refractivity contribution in [2.45, 2.75) is 18.7 Å². The Labute approximate surface area is 89.9 Å². The molecule has 0 aliphatic rings. The normalized spacial score (nSPS) is 10.2. The largest absolute Gasteiger partial charge is 0.481 e. The zero-order chi connectivity index (χ0) is 10.7. The van der Waals surface area contributed by atoms with Gasteiger partial charge in [0.2, 0.25) is 0 Å². The summed E-state index contributed by atoms with van der Waals surface area (Å²) in [6.45, 7) is 1.68. The van der Waals surface area contributed by atoms with Crippen LogP contribution in [0.5, 0.6) is 0 Å². The molecule has 76 valence electrons. The summed E-state index contributed by atoms with van der Waals surface area (Å²) in [5.74, 6) is -1.30. The second kappa shape index (κ2) is 4.55. The highest BCUT2D eigenvalue weighted by Crippen LogP contribution is 2.18. The maximum atomic E-state index is 13.3. The number of aliphatic carboxylic acids is 1. The predicted molar refractivity (Wildman–Crippen MR) is 55.1 cm³/mol. The van der Waals surface area contributed by atoms with Gasteiger partial charge in [-0.3, -0.25) is 4.79 Å². The van der Waals surface area contributed by atoms with Crippen LogP contribution in [0.3, 0.4) is 0 Å². The number of carbonyl (C=O) groups is 1. The molecule has 4 heteroatoms. The number of alkyl halides is 1. The molecule has 0 saturated heterocycles. The molecular formula is C10H10BrFO2. The van der Waals surface area contributed by atoms with Gasteiger partial charge in [0.15, 0.2) is 0 Å². The third-order valence-electron chi connectivity index (χ3n) is 2.01. The third-order valence-corrected chi connectivity index (χ3v) is 2.62. The van der Waals surface area contributed by atoms with E-state index in [2.05, 4.69) is 15.9 Å². The minimum Gasteiger partial charge on any atom is -0.481 e. The summed E-state index contributed by atoms with van der Waals surface area (Å²) in [6.07, 6.45) is -0.142.